The van der Waals surface area contributed by atoms with E-state index in [9.17, 15) is 4.79 Å². The van der Waals surface area contributed by atoms with Gasteiger partial charge in [-0.3, -0.25) is 4.79 Å². The Kier molecular flexibility index (Phi) is 4.65. The van der Waals surface area contributed by atoms with Gasteiger partial charge >= 0.3 is 0 Å². The van der Waals surface area contributed by atoms with E-state index >= 15 is 0 Å². The van der Waals surface area contributed by atoms with Gasteiger partial charge in [0, 0.05) is 34.7 Å². The van der Waals surface area contributed by atoms with Gasteiger partial charge in [0.1, 0.15) is 0 Å². The molecule has 1 amide bonds. The summed E-state index contributed by atoms with van der Waals surface area (Å²) in [6.45, 7) is 0.995. The van der Waals surface area contributed by atoms with Crippen LogP contribution >= 0.6 is 34.8 Å². The highest BCUT2D eigenvalue weighted by molar-refractivity contribution is 6.42. The van der Waals surface area contributed by atoms with E-state index in [1.807, 2.05) is 12.1 Å². The number of carbonyl (C=O) groups excluding carboxylic acids is 1. The zero-order valence-corrected chi connectivity index (χ0v) is 15.8. The van der Waals surface area contributed by atoms with Gasteiger partial charge in [-0.1, -0.05) is 40.0 Å². The van der Waals surface area contributed by atoms with E-state index in [0.717, 1.165) is 16.8 Å². The lowest BCUT2D eigenvalue weighted by molar-refractivity contribution is 0.0734. The molecule has 0 atom stereocenters. The molecule has 4 rings (SSSR count). The first kappa shape index (κ1) is 17.4. The molecule has 2 aromatic carbocycles. The summed E-state index contributed by atoms with van der Waals surface area (Å²) in [5.41, 5.74) is 3.19. The minimum Gasteiger partial charge on any atom is -0.356 e. The van der Waals surface area contributed by atoms with Crippen LogP contribution in [0.1, 0.15) is 21.6 Å². The minimum absolute atomic E-state index is 0.0996. The third kappa shape index (κ3) is 3.20. The van der Waals surface area contributed by atoms with Gasteiger partial charge in [-0.2, -0.15) is 0 Å². The third-order valence-electron chi connectivity index (χ3n) is 4.40. The van der Waals surface area contributed by atoms with E-state index in [4.69, 9.17) is 39.3 Å². The first-order valence-electron chi connectivity index (χ1n) is 8.00. The van der Waals surface area contributed by atoms with Crippen molar-refractivity contribution in [1.82, 2.24) is 10.1 Å². The summed E-state index contributed by atoms with van der Waals surface area (Å²) in [6, 6.07) is 12.3. The number of hydrogen-bond acceptors (Lipinski definition) is 3. The molecule has 0 radical (unpaired) electrons. The Labute approximate surface area is 165 Å². The Morgan fingerprint density at radius 3 is 2.54 bits per heavy atom. The molecule has 0 saturated carbocycles. The van der Waals surface area contributed by atoms with Gasteiger partial charge in [-0.05, 0) is 42.5 Å². The first-order chi connectivity index (χ1) is 12.5. The Bertz CT molecular complexity index is 983. The van der Waals surface area contributed by atoms with Crippen molar-refractivity contribution in [3.63, 3.8) is 0 Å². The van der Waals surface area contributed by atoms with Gasteiger partial charge in [0.25, 0.3) is 5.91 Å². The molecular formula is C19H13Cl3N2O2. The smallest absolute Gasteiger partial charge is 0.254 e. The molecule has 1 aromatic heterocycles. The molecule has 26 heavy (non-hydrogen) atoms. The van der Waals surface area contributed by atoms with E-state index in [1.54, 1.807) is 35.2 Å². The zero-order valence-electron chi connectivity index (χ0n) is 13.5. The average Bonchev–Trinajstić information content (AvgIpc) is 3.07. The quantitative estimate of drug-likeness (QED) is 0.563. The van der Waals surface area contributed by atoms with Crippen molar-refractivity contribution >= 4 is 40.7 Å². The highest BCUT2D eigenvalue weighted by Crippen LogP contribution is 2.32. The van der Waals surface area contributed by atoms with E-state index in [-0.39, 0.29) is 5.91 Å². The second-order valence-electron chi connectivity index (χ2n) is 6.05. The molecule has 0 fully saturated rings. The third-order valence-corrected chi connectivity index (χ3v) is 5.39. The van der Waals surface area contributed by atoms with Crippen molar-refractivity contribution in [3.8, 4) is 11.3 Å². The summed E-state index contributed by atoms with van der Waals surface area (Å²) in [4.78, 5) is 14.6. The summed E-state index contributed by atoms with van der Waals surface area (Å²) in [7, 11) is 0. The van der Waals surface area contributed by atoms with Crippen LogP contribution in [0.5, 0.6) is 0 Å². The molecule has 0 saturated heterocycles. The lowest BCUT2D eigenvalue weighted by Crippen LogP contribution is -2.35. The zero-order chi connectivity index (χ0) is 18.3. The molecule has 0 unspecified atom stereocenters. The van der Waals surface area contributed by atoms with Crippen molar-refractivity contribution < 1.29 is 9.32 Å². The van der Waals surface area contributed by atoms with Gasteiger partial charge < -0.3 is 9.42 Å². The van der Waals surface area contributed by atoms with Crippen LogP contribution < -0.4 is 0 Å². The topological polar surface area (TPSA) is 46.3 Å². The molecule has 1 aliphatic heterocycles. The highest BCUT2D eigenvalue weighted by atomic mass is 35.5. The fourth-order valence-corrected chi connectivity index (χ4v) is 3.45. The number of hydrogen-bond donors (Lipinski definition) is 0. The predicted molar refractivity (Wildman–Crippen MR) is 102 cm³/mol. The van der Waals surface area contributed by atoms with Crippen molar-refractivity contribution in [2.45, 2.75) is 13.0 Å². The van der Waals surface area contributed by atoms with E-state index in [1.165, 1.54) is 0 Å². The first-order valence-corrected chi connectivity index (χ1v) is 9.14. The molecule has 0 bridgehead atoms. The summed E-state index contributed by atoms with van der Waals surface area (Å²) in [5.74, 6) is 0.570. The molecule has 4 nitrogen and oxygen atoms in total. The number of fused-ring (bicyclic) bond motifs is 1. The molecule has 132 valence electrons. The summed E-state index contributed by atoms with van der Waals surface area (Å²) in [5, 5.41) is 5.60. The maximum Gasteiger partial charge on any atom is 0.254 e. The molecule has 0 aliphatic carbocycles. The van der Waals surface area contributed by atoms with Gasteiger partial charge in [0.2, 0.25) is 0 Å². The SMILES string of the molecule is O=C(c1ccc(Cl)c(Cl)c1)N1CCc2noc(-c3ccc(Cl)cc3)c2C1. The van der Waals surface area contributed by atoms with Crippen LogP contribution in [0.3, 0.4) is 0 Å². The molecule has 3 aromatic rings. The van der Waals surface area contributed by atoms with Crippen molar-refractivity contribution in [2.75, 3.05) is 6.54 Å². The minimum atomic E-state index is -0.0996. The maximum absolute atomic E-state index is 12.8. The number of halogens is 3. The van der Waals surface area contributed by atoms with Crippen LogP contribution in [0.15, 0.2) is 47.0 Å². The van der Waals surface area contributed by atoms with Gasteiger partial charge in [-0.25, -0.2) is 0 Å². The fourth-order valence-electron chi connectivity index (χ4n) is 3.03. The van der Waals surface area contributed by atoms with Crippen LogP contribution in [0, 0.1) is 0 Å². The number of nitrogens with zero attached hydrogens (tertiary/aromatic N) is 2. The van der Waals surface area contributed by atoms with Crippen LogP contribution in [-0.2, 0) is 13.0 Å². The Hall–Kier alpha value is -2.01. The molecule has 7 heteroatoms. The molecule has 0 N–H and O–H groups in total. The van der Waals surface area contributed by atoms with Gasteiger partial charge in [0.15, 0.2) is 5.76 Å². The summed E-state index contributed by atoms with van der Waals surface area (Å²) >= 11 is 17.9. The number of benzene rings is 2. The van der Waals surface area contributed by atoms with E-state index in [0.29, 0.717) is 45.9 Å². The number of carbonyl (C=O) groups is 1. The Morgan fingerprint density at radius 1 is 1.04 bits per heavy atom. The summed E-state index contributed by atoms with van der Waals surface area (Å²) in [6.07, 6.45) is 0.638. The second kappa shape index (κ2) is 6.95. The fraction of sp³-hybridized carbons (Fsp3) is 0.158. The molecule has 0 spiro atoms. The van der Waals surface area contributed by atoms with Crippen LogP contribution in [0.25, 0.3) is 11.3 Å². The van der Waals surface area contributed by atoms with Crippen LogP contribution in [0.4, 0.5) is 0 Å². The summed E-state index contributed by atoms with van der Waals surface area (Å²) < 4.78 is 5.54. The Morgan fingerprint density at radius 2 is 1.81 bits per heavy atom. The highest BCUT2D eigenvalue weighted by Gasteiger charge is 2.28. The lowest BCUT2D eigenvalue weighted by Gasteiger charge is -2.26. The van der Waals surface area contributed by atoms with Crippen molar-refractivity contribution in [2.24, 2.45) is 0 Å². The van der Waals surface area contributed by atoms with Crippen LogP contribution in [0.2, 0.25) is 15.1 Å². The van der Waals surface area contributed by atoms with Crippen molar-refractivity contribution in [3.05, 3.63) is 74.4 Å². The second-order valence-corrected chi connectivity index (χ2v) is 7.30. The normalized spacial score (nSPS) is 13.6. The molecule has 1 aliphatic rings. The lowest BCUT2D eigenvalue weighted by atomic mass is 10.0. The molecular weight excluding hydrogens is 395 g/mol. The monoisotopic (exact) mass is 406 g/mol. The van der Waals surface area contributed by atoms with Crippen LogP contribution in [-0.4, -0.2) is 22.5 Å². The molecule has 2 heterocycles. The largest absolute Gasteiger partial charge is 0.356 e. The number of rotatable bonds is 2. The van der Waals surface area contributed by atoms with Gasteiger partial charge in [0.05, 0.1) is 22.3 Å². The Balaban J connectivity index is 1.63. The number of aromatic nitrogens is 1. The van der Waals surface area contributed by atoms with Crippen molar-refractivity contribution in [1.29, 1.82) is 0 Å². The van der Waals surface area contributed by atoms with E-state index in [2.05, 4.69) is 5.16 Å². The van der Waals surface area contributed by atoms with Gasteiger partial charge in [-0.15, -0.1) is 0 Å². The van der Waals surface area contributed by atoms with E-state index < -0.39 is 0 Å². The standard InChI is InChI=1S/C19H13Cl3N2O2/c20-13-4-1-11(2-5-13)18-14-10-24(8-7-17(14)23-26-18)19(25)12-3-6-15(21)16(22)9-12/h1-6,9H,7-8,10H2. The average molecular weight is 408 g/mol. The number of amides is 1. The maximum atomic E-state index is 12.8. The predicted octanol–water partition coefficient (Wildman–Crippen LogP) is 5.50.